The number of hydrogen-bond acceptors (Lipinski definition) is 9. The number of aryl methyl sites for hydroxylation is 1. The van der Waals surface area contributed by atoms with Crippen molar-refractivity contribution in [2.75, 3.05) is 30.3 Å². The predicted molar refractivity (Wildman–Crippen MR) is 132 cm³/mol. The Morgan fingerprint density at radius 1 is 1.13 bits per heavy atom. The van der Waals surface area contributed by atoms with Crippen LogP contribution >= 0.6 is 0 Å². The third-order valence-corrected chi connectivity index (χ3v) is 7.78. The van der Waals surface area contributed by atoms with Gasteiger partial charge < -0.3 is 15.4 Å². The van der Waals surface area contributed by atoms with Crippen LogP contribution in [0, 0.1) is 13.8 Å². The normalized spacial score (nSPS) is 14.4. The van der Waals surface area contributed by atoms with E-state index in [0.29, 0.717) is 36.1 Å². The smallest absolute Gasteiger partial charge is 0.457 e. The van der Waals surface area contributed by atoms with Crippen LogP contribution < -0.4 is 10.6 Å². The van der Waals surface area contributed by atoms with E-state index in [0.717, 1.165) is 18.4 Å². The molecule has 38 heavy (non-hydrogen) atoms. The Hall–Kier alpha value is -3.72. The van der Waals surface area contributed by atoms with E-state index in [1.165, 1.54) is 27.3 Å². The second kappa shape index (κ2) is 10.9. The van der Waals surface area contributed by atoms with Gasteiger partial charge in [0, 0.05) is 30.5 Å². The quantitative estimate of drug-likeness (QED) is 0.381. The molecule has 11 nitrogen and oxygen atoms in total. The molecule has 3 heterocycles. The van der Waals surface area contributed by atoms with Crippen molar-refractivity contribution in [2.45, 2.75) is 44.3 Å². The lowest BCUT2D eigenvalue weighted by Gasteiger charge is -2.16. The van der Waals surface area contributed by atoms with Crippen molar-refractivity contribution < 1.29 is 31.1 Å². The highest BCUT2D eigenvalue weighted by Crippen LogP contribution is 2.26. The Morgan fingerprint density at radius 3 is 2.58 bits per heavy atom. The molecule has 1 saturated heterocycles. The summed E-state index contributed by atoms with van der Waals surface area (Å²) in [4.78, 5) is 19.7. The van der Waals surface area contributed by atoms with Crippen LogP contribution in [0.3, 0.4) is 0 Å². The molecular weight excluding hydrogens is 527 g/mol. The van der Waals surface area contributed by atoms with E-state index >= 15 is 0 Å². The topological polar surface area (TPSA) is 131 Å². The first-order chi connectivity index (χ1) is 17.9. The summed E-state index contributed by atoms with van der Waals surface area (Å²) in [5.41, 5.74) is 1.82. The average molecular weight is 554 g/mol. The zero-order chi connectivity index (χ0) is 27.5. The van der Waals surface area contributed by atoms with Crippen molar-refractivity contribution in [3.63, 3.8) is 0 Å². The lowest BCUT2D eigenvalue weighted by molar-refractivity contribution is -0.199. The predicted octanol–water partition coefficient (Wildman–Crippen LogP) is 3.67. The highest BCUT2D eigenvalue weighted by atomic mass is 32.2. The van der Waals surface area contributed by atoms with Gasteiger partial charge in [-0.25, -0.2) is 22.9 Å². The molecule has 2 aromatic heterocycles. The van der Waals surface area contributed by atoms with E-state index in [1.54, 1.807) is 32.0 Å². The number of sulfonamides is 1. The molecule has 4 rings (SSSR count). The molecule has 3 aromatic rings. The van der Waals surface area contributed by atoms with E-state index in [4.69, 9.17) is 0 Å². The highest BCUT2D eigenvalue weighted by Gasteiger charge is 2.40. The fourth-order valence-electron chi connectivity index (χ4n) is 3.85. The van der Waals surface area contributed by atoms with Gasteiger partial charge in [0.25, 0.3) is 0 Å². The average Bonchev–Trinajstić information content (AvgIpc) is 3.50. The first kappa shape index (κ1) is 27.3. The van der Waals surface area contributed by atoms with Crippen LogP contribution in [0.15, 0.2) is 41.4 Å². The van der Waals surface area contributed by atoms with Crippen LogP contribution in [0.25, 0.3) is 0 Å². The fourth-order valence-corrected chi connectivity index (χ4v) is 5.41. The molecule has 0 aliphatic carbocycles. The summed E-state index contributed by atoms with van der Waals surface area (Å²) in [5.74, 6) is -1.28. The number of rotatable bonds is 9. The molecule has 0 spiro atoms. The summed E-state index contributed by atoms with van der Waals surface area (Å²) in [7, 11) is -3.59. The summed E-state index contributed by atoms with van der Waals surface area (Å²) in [6, 6.07) is 7.95. The van der Waals surface area contributed by atoms with Crippen molar-refractivity contribution in [1.29, 1.82) is 0 Å². The van der Waals surface area contributed by atoms with Crippen molar-refractivity contribution in [3.8, 4) is 0 Å². The second-order valence-corrected chi connectivity index (χ2v) is 10.5. The first-order valence-electron chi connectivity index (χ1n) is 11.7. The van der Waals surface area contributed by atoms with Gasteiger partial charge in [0.05, 0.1) is 17.1 Å². The Bertz CT molecular complexity index is 1420. The Morgan fingerprint density at radius 2 is 1.87 bits per heavy atom. The number of alkyl halides is 3. The van der Waals surface area contributed by atoms with E-state index in [9.17, 15) is 26.4 Å². The fraction of sp³-hybridized carbons (Fsp3) is 0.391. The zero-order valence-corrected chi connectivity index (χ0v) is 21.4. The van der Waals surface area contributed by atoms with Gasteiger partial charge in [0.2, 0.25) is 16.0 Å². The lowest BCUT2D eigenvalue weighted by Crippen LogP contribution is -2.27. The minimum Gasteiger partial charge on any atom is -0.457 e. The molecule has 15 heteroatoms. The molecule has 0 amide bonds. The van der Waals surface area contributed by atoms with E-state index < -0.39 is 28.8 Å². The number of carbonyl (C=O) groups is 1. The zero-order valence-electron chi connectivity index (χ0n) is 20.6. The van der Waals surface area contributed by atoms with Crippen molar-refractivity contribution in [3.05, 3.63) is 47.8 Å². The summed E-state index contributed by atoms with van der Waals surface area (Å²) in [5, 5.41) is 10.4. The van der Waals surface area contributed by atoms with Gasteiger partial charge in [0.1, 0.15) is 18.2 Å². The molecule has 0 atom stereocenters. The second-order valence-electron chi connectivity index (χ2n) is 8.57. The SMILES string of the molecule is Cc1nn(CCOC(=O)C(F)(F)F)c(Nc2ccnc(Nc3cccc(S(=O)(=O)N4CCCC4)c3)n2)c1C. The third-order valence-electron chi connectivity index (χ3n) is 5.89. The van der Waals surface area contributed by atoms with Crippen molar-refractivity contribution in [1.82, 2.24) is 24.1 Å². The molecule has 1 aliphatic heterocycles. The van der Waals surface area contributed by atoms with E-state index in [2.05, 4.69) is 30.4 Å². The maximum atomic E-state index is 12.9. The minimum atomic E-state index is -5.07. The van der Waals surface area contributed by atoms with Gasteiger partial charge in [-0.2, -0.15) is 27.6 Å². The number of ether oxygens (including phenoxy) is 1. The van der Waals surface area contributed by atoms with Gasteiger partial charge in [0.15, 0.2) is 0 Å². The van der Waals surface area contributed by atoms with Gasteiger partial charge >= 0.3 is 12.1 Å². The molecule has 1 fully saturated rings. The van der Waals surface area contributed by atoms with Gasteiger partial charge in [-0.05, 0) is 51.0 Å². The van der Waals surface area contributed by atoms with Gasteiger partial charge in [-0.1, -0.05) is 6.07 Å². The number of esters is 1. The maximum Gasteiger partial charge on any atom is 0.490 e. The number of anilines is 4. The molecule has 204 valence electrons. The third kappa shape index (κ3) is 6.22. The number of halogens is 3. The Labute approximate surface area is 217 Å². The maximum absolute atomic E-state index is 12.9. The van der Waals surface area contributed by atoms with E-state index in [1.807, 2.05) is 0 Å². The largest absolute Gasteiger partial charge is 0.490 e. The van der Waals surface area contributed by atoms with Crippen molar-refractivity contribution in [2.24, 2.45) is 0 Å². The van der Waals surface area contributed by atoms with E-state index in [-0.39, 0.29) is 17.4 Å². The standard InChI is InChI=1S/C23H26F3N7O4S/c1-15-16(2)31-33(12-13-37-21(34)23(24,25)26)20(15)29-19-8-9-27-22(30-19)28-17-6-5-7-18(14-17)38(35,36)32-10-3-4-11-32/h5-9,14H,3-4,10-13H2,1-2H3,(H2,27,28,29,30). The van der Waals surface area contributed by atoms with Crippen LogP contribution in [0.4, 0.5) is 36.4 Å². The molecular formula is C23H26F3N7O4S. The Kier molecular flexibility index (Phi) is 7.87. The Balaban J connectivity index is 1.47. The van der Waals surface area contributed by atoms with Crippen LogP contribution in [-0.4, -0.2) is 64.3 Å². The first-order valence-corrected chi connectivity index (χ1v) is 13.1. The highest BCUT2D eigenvalue weighted by molar-refractivity contribution is 7.89. The van der Waals surface area contributed by atoms with Crippen molar-refractivity contribution >= 4 is 39.3 Å². The summed E-state index contributed by atoms with van der Waals surface area (Å²) in [6.07, 6.45) is -1.92. The van der Waals surface area contributed by atoms with Crippen LogP contribution in [-0.2, 0) is 26.1 Å². The molecule has 0 bridgehead atoms. The number of hydrogen-bond donors (Lipinski definition) is 2. The van der Waals surface area contributed by atoms with Crippen LogP contribution in [0.2, 0.25) is 0 Å². The molecule has 0 radical (unpaired) electrons. The number of nitrogens with one attached hydrogen (secondary N) is 2. The number of aromatic nitrogens is 4. The number of benzene rings is 1. The molecule has 0 saturated carbocycles. The van der Waals surface area contributed by atoms with Gasteiger partial charge in [-0.15, -0.1) is 0 Å². The minimum absolute atomic E-state index is 0.118. The van der Waals surface area contributed by atoms with Crippen LogP contribution in [0.1, 0.15) is 24.1 Å². The number of carbonyl (C=O) groups excluding carboxylic acids is 1. The lowest BCUT2D eigenvalue weighted by atomic mass is 10.3. The molecule has 1 aromatic carbocycles. The summed E-state index contributed by atoms with van der Waals surface area (Å²) < 4.78 is 70.1. The monoisotopic (exact) mass is 553 g/mol. The molecule has 1 aliphatic rings. The van der Waals surface area contributed by atoms with Crippen LogP contribution in [0.5, 0.6) is 0 Å². The number of nitrogens with zero attached hydrogens (tertiary/aromatic N) is 5. The summed E-state index contributed by atoms with van der Waals surface area (Å²) >= 11 is 0. The van der Waals surface area contributed by atoms with Gasteiger partial charge in [-0.3, -0.25) is 0 Å². The molecule has 0 unspecified atom stereocenters. The molecule has 2 N–H and O–H groups in total. The summed E-state index contributed by atoms with van der Waals surface area (Å²) in [6.45, 7) is 3.85.